The summed E-state index contributed by atoms with van der Waals surface area (Å²) in [7, 11) is 4.25. The van der Waals surface area contributed by atoms with Crippen LogP contribution in [0.1, 0.15) is 25.7 Å². The summed E-state index contributed by atoms with van der Waals surface area (Å²) < 4.78 is 13.2. The van der Waals surface area contributed by atoms with E-state index in [0.717, 1.165) is 44.3 Å². The molecule has 1 atom stereocenters. The van der Waals surface area contributed by atoms with Crippen LogP contribution in [0.2, 0.25) is 0 Å². The van der Waals surface area contributed by atoms with Gasteiger partial charge in [0.1, 0.15) is 5.82 Å². The summed E-state index contributed by atoms with van der Waals surface area (Å²) in [4.78, 5) is 23.6. The molecule has 1 aliphatic carbocycles. The average Bonchev–Trinajstić information content (AvgIpc) is 2.80. The number of primary amides is 1. The first-order valence-electron chi connectivity index (χ1n) is 11.3. The van der Waals surface area contributed by atoms with Crippen LogP contribution < -0.4 is 10.6 Å². The molecule has 2 fully saturated rings. The van der Waals surface area contributed by atoms with Crippen LogP contribution in [0.15, 0.2) is 30.5 Å². The van der Waals surface area contributed by atoms with Crippen molar-refractivity contribution < 1.29 is 9.18 Å². The SMILES string of the molecule is CN(C)C1CCC(C(C(N)=O)N2CCN(c3nncc(-c4ccc(F)cc4)n3)CC2)CC1. The largest absolute Gasteiger partial charge is 0.368 e. The van der Waals surface area contributed by atoms with E-state index in [1.54, 1.807) is 18.3 Å². The minimum atomic E-state index is -0.286. The Morgan fingerprint density at radius 1 is 1.09 bits per heavy atom. The van der Waals surface area contributed by atoms with Crippen LogP contribution in [0.5, 0.6) is 0 Å². The Labute approximate surface area is 188 Å². The van der Waals surface area contributed by atoms with Crippen molar-refractivity contribution in [2.75, 3.05) is 45.2 Å². The van der Waals surface area contributed by atoms with Gasteiger partial charge in [-0.1, -0.05) is 0 Å². The number of carbonyl (C=O) groups is 1. The quantitative estimate of drug-likeness (QED) is 0.731. The van der Waals surface area contributed by atoms with Gasteiger partial charge in [-0.2, -0.15) is 5.10 Å². The van der Waals surface area contributed by atoms with Crippen LogP contribution in [0.25, 0.3) is 11.3 Å². The normalized spacial score (nSPS) is 23.3. The Kier molecular flexibility index (Phi) is 6.95. The number of piperazine rings is 1. The number of nitrogens with two attached hydrogens (primary N) is 1. The van der Waals surface area contributed by atoms with Gasteiger partial charge >= 0.3 is 0 Å². The number of hydrogen-bond acceptors (Lipinski definition) is 7. The smallest absolute Gasteiger partial charge is 0.245 e. The molecule has 1 aliphatic heterocycles. The molecule has 2 heterocycles. The first-order chi connectivity index (χ1) is 15.4. The van der Waals surface area contributed by atoms with Gasteiger partial charge in [0.05, 0.1) is 17.9 Å². The molecule has 2 aliphatic rings. The summed E-state index contributed by atoms with van der Waals surface area (Å²) in [5.74, 6) is 0.359. The molecule has 1 aromatic carbocycles. The summed E-state index contributed by atoms with van der Waals surface area (Å²) >= 11 is 0. The van der Waals surface area contributed by atoms with Gasteiger partial charge in [-0.25, -0.2) is 9.37 Å². The van der Waals surface area contributed by atoms with E-state index < -0.39 is 0 Å². The molecular formula is C23H32FN7O. The monoisotopic (exact) mass is 441 g/mol. The molecule has 1 aromatic heterocycles. The number of rotatable bonds is 6. The second-order valence-corrected chi connectivity index (χ2v) is 9.05. The molecular weight excluding hydrogens is 409 g/mol. The van der Waals surface area contributed by atoms with Crippen molar-refractivity contribution >= 4 is 11.9 Å². The van der Waals surface area contributed by atoms with Crippen LogP contribution >= 0.6 is 0 Å². The fourth-order valence-electron chi connectivity index (χ4n) is 5.03. The fraction of sp³-hybridized carbons (Fsp3) is 0.565. The molecule has 172 valence electrons. The standard InChI is InChI=1S/C23H32FN7O/c1-29(2)19-9-5-17(6-10-19)21(22(25)32)30-11-13-31(14-12-30)23-27-20(15-26-28-23)16-3-7-18(24)8-4-16/h3-4,7-8,15,17,19,21H,5-6,9-14H2,1-2H3,(H2,25,32). The first kappa shape index (κ1) is 22.5. The van der Waals surface area contributed by atoms with Crippen LogP contribution in [0.4, 0.5) is 10.3 Å². The van der Waals surface area contributed by atoms with Crippen molar-refractivity contribution in [2.24, 2.45) is 11.7 Å². The number of anilines is 1. The second-order valence-electron chi connectivity index (χ2n) is 9.05. The number of benzene rings is 1. The third-order valence-electron chi connectivity index (χ3n) is 6.89. The average molecular weight is 442 g/mol. The summed E-state index contributed by atoms with van der Waals surface area (Å²) in [6, 6.07) is 6.56. The van der Waals surface area contributed by atoms with Gasteiger partial charge in [-0.15, -0.1) is 5.10 Å². The molecule has 4 rings (SSSR count). The number of carbonyl (C=O) groups excluding carboxylic acids is 1. The van der Waals surface area contributed by atoms with E-state index in [-0.39, 0.29) is 17.8 Å². The third kappa shape index (κ3) is 5.05. The predicted octanol–water partition coefficient (Wildman–Crippen LogP) is 1.77. The van der Waals surface area contributed by atoms with E-state index in [0.29, 0.717) is 36.7 Å². The molecule has 8 nitrogen and oxygen atoms in total. The van der Waals surface area contributed by atoms with Crippen molar-refractivity contribution in [3.05, 3.63) is 36.3 Å². The molecule has 1 saturated carbocycles. The van der Waals surface area contributed by atoms with E-state index in [2.05, 4.69) is 44.0 Å². The lowest BCUT2D eigenvalue weighted by atomic mass is 9.80. The molecule has 0 spiro atoms. The molecule has 32 heavy (non-hydrogen) atoms. The molecule has 2 N–H and O–H groups in total. The Morgan fingerprint density at radius 3 is 2.34 bits per heavy atom. The Bertz CT molecular complexity index is 907. The van der Waals surface area contributed by atoms with Gasteiger partial charge < -0.3 is 15.5 Å². The van der Waals surface area contributed by atoms with Crippen molar-refractivity contribution in [3.8, 4) is 11.3 Å². The van der Waals surface area contributed by atoms with Crippen LogP contribution in [-0.4, -0.2) is 83.2 Å². The van der Waals surface area contributed by atoms with Crippen molar-refractivity contribution in [1.29, 1.82) is 0 Å². The number of nitrogens with zero attached hydrogens (tertiary/aromatic N) is 6. The highest BCUT2D eigenvalue weighted by Crippen LogP contribution is 2.31. The molecule has 2 aromatic rings. The topological polar surface area (TPSA) is 91.5 Å². The summed E-state index contributed by atoms with van der Waals surface area (Å²) in [5, 5.41) is 8.30. The van der Waals surface area contributed by atoms with Crippen LogP contribution in [0.3, 0.4) is 0 Å². The highest BCUT2D eigenvalue weighted by Gasteiger charge is 2.37. The summed E-state index contributed by atoms with van der Waals surface area (Å²) in [6.07, 6.45) is 5.86. The van der Waals surface area contributed by atoms with Gasteiger partial charge in [0.25, 0.3) is 0 Å². The minimum Gasteiger partial charge on any atom is -0.368 e. The number of amides is 1. The van der Waals surface area contributed by atoms with Crippen molar-refractivity contribution in [3.63, 3.8) is 0 Å². The lowest BCUT2D eigenvalue weighted by Crippen LogP contribution is -2.57. The zero-order valence-corrected chi connectivity index (χ0v) is 18.8. The summed E-state index contributed by atoms with van der Waals surface area (Å²) in [6.45, 7) is 2.85. The third-order valence-corrected chi connectivity index (χ3v) is 6.89. The second kappa shape index (κ2) is 9.87. The van der Waals surface area contributed by atoms with E-state index in [9.17, 15) is 9.18 Å². The summed E-state index contributed by atoms with van der Waals surface area (Å²) in [5.41, 5.74) is 7.32. The Morgan fingerprint density at radius 2 is 1.75 bits per heavy atom. The maximum absolute atomic E-state index is 13.2. The Hall–Kier alpha value is -2.65. The van der Waals surface area contributed by atoms with Gasteiger partial charge in [0.15, 0.2) is 0 Å². The molecule has 0 radical (unpaired) electrons. The number of hydrogen-bond donors (Lipinski definition) is 1. The fourth-order valence-corrected chi connectivity index (χ4v) is 5.03. The van der Waals surface area contributed by atoms with E-state index in [1.807, 2.05) is 0 Å². The zero-order valence-electron chi connectivity index (χ0n) is 18.8. The van der Waals surface area contributed by atoms with E-state index in [1.165, 1.54) is 12.1 Å². The molecule has 1 unspecified atom stereocenters. The molecule has 1 amide bonds. The van der Waals surface area contributed by atoms with Gasteiger partial charge in [0, 0.05) is 37.8 Å². The van der Waals surface area contributed by atoms with Crippen LogP contribution in [-0.2, 0) is 4.79 Å². The molecule has 1 saturated heterocycles. The van der Waals surface area contributed by atoms with E-state index >= 15 is 0 Å². The maximum Gasteiger partial charge on any atom is 0.245 e. The molecule has 9 heteroatoms. The van der Waals surface area contributed by atoms with Crippen molar-refractivity contribution in [1.82, 2.24) is 25.0 Å². The van der Waals surface area contributed by atoms with Crippen LogP contribution in [0, 0.1) is 11.7 Å². The number of halogens is 1. The van der Waals surface area contributed by atoms with Crippen molar-refractivity contribution in [2.45, 2.75) is 37.8 Å². The lowest BCUT2D eigenvalue weighted by molar-refractivity contribution is -0.126. The van der Waals surface area contributed by atoms with Gasteiger partial charge in [-0.3, -0.25) is 9.69 Å². The van der Waals surface area contributed by atoms with Gasteiger partial charge in [0.2, 0.25) is 11.9 Å². The molecule has 0 bridgehead atoms. The predicted molar refractivity (Wildman–Crippen MR) is 121 cm³/mol. The minimum absolute atomic E-state index is 0.218. The van der Waals surface area contributed by atoms with Gasteiger partial charge in [-0.05, 0) is 70.0 Å². The maximum atomic E-state index is 13.2. The highest BCUT2D eigenvalue weighted by atomic mass is 19.1. The number of aromatic nitrogens is 3. The van der Waals surface area contributed by atoms with E-state index in [4.69, 9.17) is 5.73 Å². The Balaban J connectivity index is 1.39. The lowest BCUT2D eigenvalue weighted by Gasteiger charge is -2.43. The highest BCUT2D eigenvalue weighted by molar-refractivity contribution is 5.80. The first-order valence-corrected chi connectivity index (χ1v) is 11.3. The zero-order chi connectivity index (χ0) is 22.7.